The van der Waals surface area contributed by atoms with Gasteiger partial charge in [-0.3, -0.25) is 9.69 Å². The van der Waals surface area contributed by atoms with E-state index in [4.69, 9.17) is 16.3 Å². The first kappa shape index (κ1) is 24.1. The van der Waals surface area contributed by atoms with Crippen LogP contribution in [-0.2, 0) is 9.53 Å². The number of anilines is 1. The lowest BCUT2D eigenvalue weighted by atomic mass is 9.76. The van der Waals surface area contributed by atoms with E-state index < -0.39 is 5.60 Å². The minimum absolute atomic E-state index is 0.169. The van der Waals surface area contributed by atoms with Gasteiger partial charge >= 0.3 is 6.09 Å². The summed E-state index contributed by atoms with van der Waals surface area (Å²) in [6.45, 7) is 11.8. The minimum atomic E-state index is -0.498. The number of likely N-dealkylation sites (tertiary alicyclic amines) is 1. The second-order valence-electron chi connectivity index (χ2n) is 10.7. The van der Waals surface area contributed by atoms with Gasteiger partial charge in [0.15, 0.2) is 0 Å². The summed E-state index contributed by atoms with van der Waals surface area (Å²) in [5, 5.41) is 4.03. The quantitative estimate of drug-likeness (QED) is 0.716. The van der Waals surface area contributed by atoms with Gasteiger partial charge in [0.05, 0.1) is 5.41 Å². The van der Waals surface area contributed by atoms with E-state index in [2.05, 4.69) is 21.2 Å². The molecule has 3 saturated heterocycles. The maximum atomic E-state index is 12.9. The molecule has 0 aromatic heterocycles. The second kappa shape index (κ2) is 9.71. The van der Waals surface area contributed by atoms with Crippen molar-refractivity contribution in [2.45, 2.75) is 58.1 Å². The molecule has 1 atom stereocenters. The predicted molar refractivity (Wildman–Crippen MR) is 131 cm³/mol. The van der Waals surface area contributed by atoms with Crippen molar-refractivity contribution in [1.29, 1.82) is 0 Å². The molecule has 2 amide bonds. The van der Waals surface area contributed by atoms with Crippen molar-refractivity contribution in [3.05, 3.63) is 29.3 Å². The largest absolute Gasteiger partial charge is 0.444 e. The molecule has 4 rings (SSSR count). The average Bonchev–Trinajstić information content (AvgIpc) is 3.06. The zero-order valence-corrected chi connectivity index (χ0v) is 20.9. The monoisotopic (exact) mass is 476 g/mol. The number of rotatable bonds is 4. The smallest absolute Gasteiger partial charge is 0.410 e. The Labute approximate surface area is 202 Å². The van der Waals surface area contributed by atoms with Crippen molar-refractivity contribution in [2.75, 3.05) is 50.7 Å². The fourth-order valence-electron chi connectivity index (χ4n) is 5.24. The molecule has 7 nitrogen and oxygen atoms in total. The molecule has 3 aliphatic rings. The van der Waals surface area contributed by atoms with Gasteiger partial charge in [0.2, 0.25) is 5.91 Å². The number of amides is 2. The van der Waals surface area contributed by atoms with Gasteiger partial charge in [0, 0.05) is 62.6 Å². The first-order valence-electron chi connectivity index (χ1n) is 12.2. The Bertz CT molecular complexity index is 855. The molecule has 0 radical (unpaired) electrons. The second-order valence-corrected chi connectivity index (χ2v) is 11.2. The molecule has 1 aromatic carbocycles. The van der Waals surface area contributed by atoms with Crippen LogP contribution in [0.3, 0.4) is 0 Å². The number of piperidine rings is 1. The molecule has 1 aromatic rings. The fraction of sp³-hybridized carbons (Fsp3) is 0.680. The molecule has 0 bridgehead atoms. The summed E-state index contributed by atoms with van der Waals surface area (Å²) in [4.78, 5) is 31.8. The molecule has 1 N–H and O–H groups in total. The van der Waals surface area contributed by atoms with E-state index in [1.165, 1.54) is 5.69 Å². The Balaban J connectivity index is 1.21. The number of benzene rings is 1. The molecule has 0 saturated carbocycles. The van der Waals surface area contributed by atoms with E-state index in [0.717, 1.165) is 50.6 Å². The molecule has 0 unspecified atom stereocenters. The van der Waals surface area contributed by atoms with Crippen LogP contribution in [0.4, 0.5) is 10.5 Å². The molecular formula is C25H37ClN4O3. The fourth-order valence-corrected chi connectivity index (χ4v) is 5.43. The topological polar surface area (TPSA) is 65.1 Å². The van der Waals surface area contributed by atoms with Crippen LogP contribution in [0.1, 0.15) is 46.5 Å². The molecular weight excluding hydrogens is 440 g/mol. The Morgan fingerprint density at radius 2 is 1.85 bits per heavy atom. The van der Waals surface area contributed by atoms with Gasteiger partial charge in [-0.25, -0.2) is 4.79 Å². The average molecular weight is 477 g/mol. The van der Waals surface area contributed by atoms with E-state index in [1.807, 2.05) is 39.0 Å². The zero-order chi connectivity index (χ0) is 23.6. The molecule has 182 valence electrons. The van der Waals surface area contributed by atoms with Crippen LogP contribution in [0, 0.1) is 5.41 Å². The number of nitrogens with one attached hydrogen (secondary N) is 1. The first-order chi connectivity index (χ1) is 15.6. The Kier molecular flexibility index (Phi) is 7.10. The molecule has 0 aliphatic carbocycles. The SMILES string of the molecule is CC(C)(C)OC(=O)N1CCC2(CC1)C[C@@H](CCN1CCN(c3cccc(Cl)c3)CC1)NC2=O. The van der Waals surface area contributed by atoms with Crippen molar-refractivity contribution < 1.29 is 14.3 Å². The molecule has 33 heavy (non-hydrogen) atoms. The van der Waals surface area contributed by atoms with Crippen LogP contribution in [0.5, 0.6) is 0 Å². The van der Waals surface area contributed by atoms with E-state index in [9.17, 15) is 9.59 Å². The van der Waals surface area contributed by atoms with Gasteiger partial charge < -0.3 is 19.9 Å². The highest BCUT2D eigenvalue weighted by molar-refractivity contribution is 6.30. The molecule has 1 spiro atoms. The summed E-state index contributed by atoms with van der Waals surface area (Å²) in [6.07, 6.45) is 3.00. The number of hydrogen-bond acceptors (Lipinski definition) is 5. The molecule has 8 heteroatoms. The van der Waals surface area contributed by atoms with Gasteiger partial charge in [0.25, 0.3) is 0 Å². The summed E-state index contributed by atoms with van der Waals surface area (Å²) in [7, 11) is 0. The van der Waals surface area contributed by atoms with Crippen molar-refractivity contribution in [3.8, 4) is 0 Å². The van der Waals surface area contributed by atoms with E-state index in [-0.39, 0.29) is 23.5 Å². The summed E-state index contributed by atoms with van der Waals surface area (Å²) in [5.41, 5.74) is 0.362. The number of hydrogen-bond donors (Lipinski definition) is 1. The van der Waals surface area contributed by atoms with Crippen LogP contribution < -0.4 is 10.2 Å². The van der Waals surface area contributed by atoms with Gasteiger partial charge in [-0.05, 0) is 64.7 Å². The van der Waals surface area contributed by atoms with Gasteiger partial charge in [-0.1, -0.05) is 17.7 Å². The summed E-state index contributed by atoms with van der Waals surface area (Å²) < 4.78 is 5.49. The van der Waals surface area contributed by atoms with Crippen LogP contribution in [0.25, 0.3) is 0 Å². The zero-order valence-electron chi connectivity index (χ0n) is 20.1. The Hall–Kier alpha value is -1.99. The van der Waals surface area contributed by atoms with Gasteiger partial charge in [-0.2, -0.15) is 0 Å². The normalized spacial score (nSPS) is 23.6. The number of ether oxygens (including phenoxy) is 1. The van der Waals surface area contributed by atoms with Gasteiger partial charge in [0.1, 0.15) is 5.60 Å². The van der Waals surface area contributed by atoms with Crippen LogP contribution >= 0.6 is 11.6 Å². The number of carbonyl (C=O) groups is 2. The number of piperazine rings is 1. The number of nitrogens with zero attached hydrogens (tertiary/aromatic N) is 3. The summed E-state index contributed by atoms with van der Waals surface area (Å²) >= 11 is 6.14. The highest BCUT2D eigenvalue weighted by Crippen LogP contribution is 2.41. The number of carbonyl (C=O) groups excluding carboxylic acids is 2. The summed E-state index contributed by atoms with van der Waals surface area (Å²) in [5.74, 6) is 0.169. The minimum Gasteiger partial charge on any atom is -0.444 e. The standard InChI is InChI=1S/C25H37ClN4O3/c1-24(2,3)33-23(32)30-11-8-25(9-12-30)18-20(27-22(25)31)7-10-28-13-15-29(16-14-28)21-6-4-5-19(26)17-21/h4-6,17,20H,7-16,18H2,1-3H3,(H,27,31)/t20-/m1/s1. The lowest BCUT2D eigenvalue weighted by Crippen LogP contribution is -2.47. The third kappa shape index (κ3) is 5.93. The number of halogens is 1. The first-order valence-corrected chi connectivity index (χ1v) is 12.5. The third-order valence-electron chi connectivity index (χ3n) is 7.17. The van der Waals surface area contributed by atoms with Crippen molar-refractivity contribution >= 4 is 29.3 Å². The van der Waals surface area contributed by atoms with Crippen LogP contribution in [-0.4, -0.2) is 79.3 Å². The highest BCUT2D eigenvalue weighted by Gasteiger charge is 2.49. The van der Waals surface area contributed by atoms with E-state index >= 15 is 0 Å². The van der Waals surface area contributed by atoms with E-state index in [0.29, 0.717) is 25.9 Å². The maximum absolute atomic E-state index is 12.9. The molecule has 3 fully saturated rings. The van der Waals surface area contributed by atoms with Crippen molar-refractivity contribution in [1.82, 2.24) is 15.1 Å². The predicted octanol–water partition coefficient (Wildman–Crippen LogP) is 3.76. The highest BCUT2D eigenvalue weighted by atomic mass is 35.5. The summed E-state index contributed by atoms with van der Waals surface area (Å²) in [6, 6.07) is 8.27. The van der Waals surface area contributed by atoms with E-state index in [1.54, 1.807) is 4.90 Å². The van der Waals surface area contributed by atoms with Gasteiger partial charge in [-0.15, -0.1) is 0 Å². The lowest BCUT2D eigenvalue weighted by Gasteiger charge is -2.38. The van der Waals surface area contributed by atoms with Crippen LogP contribution in [0.15, 0.2) is 24.3 Å². The Morgan fingerprint density at radius 1 is 1.15 bits per heavy atom. The maximum Gasteiger partial charge on any atom is 0.410 e. The molecule has 3 heterocycles. The van der Waals surface area contributed by atoms with Crippen molar-refractivity contribution in [3.63, 3.8) is 0 Å². The Morgan fingerprint density at radius 3 is 2.48 bits per heavy atom. The lowest BCUT2D eigenvalue weighted by molar-refractivity contribution is -0.130. The van der Waals surface area contributed by atoms with Crippen LogP contribution in [0.2, 0.25) is 5.02 Å². The van der Waals surface area contributed by atoms with Crippen molar-refractivity contribution in [2.24, 2.45) is 5.41 Å². The third-order valence-corrected chi connectivity index (χ3v) is 7.40. The molecule has 3 aliphatic heterocycles.